The van der Waals surface area contributed by atoms with E-state index in [1.165, 1.54) is 6.20 Å². The summed E-state index contributed by atoms with van der Waals surface area (Å²) in [5.74, 6) is 0. The molecule has 0 aliphatic heterocycles. The fraction of sp³-hybridized carbons (Fsp3) is 0.261. The summed E-state index contributed by atoms with van der Waals surface area (Å²) in [5.41, 5.74) is 1.45. The van der Waals surface area contributed by atoms with Gasteiger partial charge in [-0.25, -0.2) is 0 Å². The quantitative estimate of drug-likeness (QED) is 0.368. The van der Waals surface area contributed by atoms with E-state index in [1.54, 1.807) is 13.0 Å². The van der Waals surface area contributed by atoms with Crippen LogP contribution in [0.4, 0.5) is 5.69 Å². The highest BCUT2D eigenvalue weighted by atomic mass is 28.4. The zero-order valence-electron chi connectivity index (χ0n) is 17.0. The summed E-state index contributed by atoms with van der Waals surface area (Å²) in [6.45, 7) is 5.95. The van der Waals surface area contributed by atoms with E-state index in [9.17, 15) is 14.9 Å². The molecule has 1 aromatic heterocycles. The highest BCUT2D eigenvalue weighted by Gasteiger charge is 2.49. The van der Waals surface area contributed by atoms with Crippen LogP contribution in [0.3, 0.4) is 0 Å². The van der Waals surface area contributed by atoms with E-state index in [1.807, 2.05) is 60.7 Å². The molecular formula is C23H26N2O3Si. The van der Waals surface area contributed by atoms with E-state index in [0.29, 0.717) is 18.4 Å². The van der Waals surface area contributed by atoms with Crippen molar-refractivity contribution in [1.29, 1.82) is 0 Å². The summed E-state index contributed by atoms with van der Waals surface area (Å²) >= 11 is 0. The molecule has 0 spiro atoms. The zero-order valence-corrected chi connectivity index (χ0v) is 18.0. The first-order valence-electron chi connectivity index (χ1n) is 9.69. The van der Waals surface area contributed by atoms with Gasteiger partial charge in [0, 0.05) is 11.3 Å². The minimum atomic E-state index is -3.06. The van der Waals surface area contributed by atoms with Crippen molar-refractivity contribution in [3.05, 3.63) is 94.3 Å². The molecule has 0 unspecified atom stereocenters. The van der Waals surface area contributed by atoms with E-state index in [0.717, 1.165) is 16.1 Å². The lowest BCUT2D eigenvalue weighted by Gasteiger charge is -2.41. The van der Waals surface area contributed by atoms with Gasteiger partial charge in [-0.2, -0.15) is 0 Å². The van der Waals surface area contributed by atoms with Gasteiger partial charge in [0.1, 0.15) is 6.20 Å². The molecule has 0 saturated heterocycles. The lowest BCUT2D eigenvalue weighted by molar-refractivity contribution is -0.385. The lowest BCUT2D eigenvalue weighted by Crippen LogP contribution is -2.65. The number of benzene rings is 2. The molecule has 0 saturated carbocycles. The van der Waals surface area contributed by atoms with Crippen LogP contribution in [-0.2, 0) is 6.42 Å². The Morgan fingerprint density at radius 2 is 1.55 bits per heavy atom. The van der Waals surface area contributed by atoms with Gasteiger partial charge in [0.15, 0.2) is 0 Å². The summed E-state index contributed by atoms with van der Waals surface area (Å²) in [7, 11) is -3.06. The Morgan fingerprint density at radius 1 is 1.03 bits per heavy atom. The number of nitrogens with zero attached hydrogens (tertiary/aromatic N) is 2. The van der Waals surface area contributed by atoms with Crippen molar-refractivity contribution in [2.45, 2.75) is 38.7 Å². The molecule has 3 rings (SSSR count). The third-order valence-electron chi connectivity index (χ3n) is 5.71. The predicted octanol–water partition coefficient (Wildman–Crippen LogP) is 3.76. The zero-order chi connectivity index (χ0) is 21.1. The first kappa shape index (κ1) is 20.9. The van der Waals surface area contributed by atoms with Gasteiger partial charge in [0.05, 0.1) is 4.92 Å². The van der Waals surface area contributed by atoms with Crippen LogP contribution in [0.5, 0.6) is 0 Å². The maximum absolute atomic E-state index is 12.2. The van der Waals surface area contributed by atoms with Crippen LogP contribution >= 0.6 is 0 Å². The third-order valence-corrected chi connectivity index (χ3v) is 10.3. The Bertz CT molecular complexity index is 952. The molecule has 0 aliphatic carbocycles. The van der Waals surface area contributed by atoms with Gasteiger partial charge in [-0.1, -0.05) is 74.5 Å². The second-order valence-corrected chi connectivity index (χ2v) is 12.0. The molecule has 0 amide bonds. The normalized spacial score (nSPS) is 12.0. The third kappa shape index (κ3) is 4.13. The van der Waals surface area contributed by atoms with Crippen molar-refractivity contribution in [2.24, 2.45) is 0 Å². The maximum atomic E-state index is 12.2. The van der Waals surface area contributed by atoms with E-state index in [2.05, 4.69) is 18.8 Å². The Kier molecular flexibility index (Phi) is 5.95. The summed E-state index contributed by atoms with van der Waals surface area (Å²) in [4.78, 5) is 27.1. The van der Waals surface area contributed by atoms with Crippen LogP contribution in [0.15, 0.2) is 72.9 Å². The van der Waals surface area contributed by atoms with Crippen molar-refractivity contribution in [1.82, 2.24) is 4.98 Å². The highest BCUT2D eigenvalue weighted by molar-refractivity contribution is 6.98. The molecule has 0 fully saturated rings. The average Bonchev–Trinajstić information content (AvgIpc) is 2.72. The smallest absolute Gasteiger partial charge is 0.290 e. The van der Waals surface area contributed by atoms with Crippen LogP contribution in [0.25, 0.3) is 0 Å². The van der Waals surface area contributed by atoms with Crippen LogP contribution in [-0.4, -0.2) is 23.0 Å². The number of rotatable bonds is 7. The van der Waals surface area contributed by atoms with Crippen LogP contribution in [0, 0.1) is 17.0 Å². The minimum absolute atomic E-state index is 0.0347. The number of aryl methyl sites for hydroxylation is 2. The second-order valence-electron chi connectivity index (χ2n) is 8.05. The van der Waals surface area contributed by atoms with Crippen LogP contribution in [0.1, 0.15) is 31.5 Å². The van der Waals surface area contributed by atoms with Gasteiger partial charge in [0.2, 0.25) is 0 Å². The Hall–Kier alpha value is -2.83. The van der Waals surface area contributed by atoms with Gasteiger partial charge in [-0.15, -0.1) is 0 Å². The second kappa shape index (κ2) is 8.27. The predicted molar refractivity (Wildman–Crippen MR) is 118 cm³/mol. The molecule has 0 bridgehead atoms. The van der Waals surface area contributed by atoms with E-state index < -0.39 is 13.2 Å². The summed E-state index contributed by atoms with van der Waals surface area (Å²) in [5, 5.41) is 12.6. The monoisotopic (exact) mass is 406 g/mol. The maximum Gasteiger partial charge on any atom is 0.290 e. The van der Waals surface area contributed by atoms with Crippen molar-refractivity contribution in [3.8, 4) is 0 Å². The number of hydrogen-bond donors (Lipinski definition) is 1. The SMILES string of the molecule is Cc1cc(CCC(C)(C)[Si](O)(c2ccccc2)c2ccccc2)ncc1[N+](=O)[O-]. The minimum Gasteiger partial charge on any atom is -0.424 e. The number of hydrogen-bond acceptors (Lipinski definition) is 4. The molecule has 29 heavy (non-hydrogen) atoms. The molecule has 1 heterocycles. The molecular weight excluding hydrogens is 380 g/mol. The van der Waals surface area contributed by atoms with Gasteiger partial charge in [-0.3, -0.25) is 15.1 Å². The summed E-state index contributed by atoms with van der Waals surface area (Å²) in [6, 6.07) is 21.6. The fourth-order valence-corrected chi connectivity index (χ4v) is 7.60. The van der Waals surface area contributed by atoms with Crippen molar-refractivity contribution < 1.29 is 9.72 Å². The van der Waals surface area contributed by atoms with Crippen LogP contribution < -0.4 is 10.4 Å². The summed E-state index contributed by atoms with van der Waals surface area (Å²) in [6.07, 6.45) is 2.68. The fourth-order valence-electron chi connectivity index (χ4n) is 3.86. The van der Waals surface area contributed by atoms with E-state index in [-0.39, 0.29) is 10.7 Å². The molecule has 5 nitrogen and oxygen atoms in total. The molecule has 0 atom stereocenters. The molecule has 150 valence electrons. The average molecular weight is 407 g/mol. The van der Waals surface area contributed by atoms with Gasteiger partial charge >= 0.3 is 0 Å². The highest BCUT2D eigenvalue weighted by Crippen LogP contribution is 2.39. The first-order valence-corrected chi connectivity index (χ1v) is 11.6. The molecule has 2 aromatic carbocycles. The Morgan fingerprint density at radius 3 is 2.00 bits per heavy atom. The number of aromatic nitrogens is 1. The lowest BCUT2D eigenvalue weighted by atomic mass is 10.0. The topological polar surface area (TPSA) is 76.3 Å². The molecule has 0 aliphatic rings. The molecule has 0 radical (unpaired) electrons. The molecule has 3 aromatic rings. The molecule has 1 N–H and O–H groups in total. The number of pyridine rings is 1. The summed E-state index contributed by atoms with van der Waals surface area (Å²) < 4.78 is 0. The first-order chi connectivity index (χ1) is 13.8. The van der Waals surface area contributed by atoms with Crippen molar-refractivity contribution >= 4 is 24.4 Å². The van der Waals surface area contributed by atoms with Crippen molar-refractivity contribution in [2.75, 3.05) is 0 Å². The largest absolute Gasteiger partial charge is 0.424 e. The number of nitro groups is 1. The van der Waals surface area contributed by atoms with Gasteiger partial charge < -0.3 is 4.80 Å². The van der Waals surface area contributed by atoms with E-state index in [4.69, 9.17) is 0 Å². The molecule has 6 heteroatoms. The Balaban J connectivity index is 1.94. The standard InChI is InChI=1S/C23H26N2O3Si/c1-18-16-19(24-17-22(18)25(26)27)14-15-23(2,3)29(28,20-10-6-4-7-11-20)21-12-8-5-9-13-21/h4-13,16-17,28H,14-15H2,1-3H3. The van der Waals surface area contributed by atoms with Gasteiger partial charge in [0.25, 0.3) is 14.0 Å². The van der Waals surface area contributed by atoms with Gasteiger partial charge in [-0.05, 0) is 41.2 Å². The van der Waals surface area contributed by atoms with Crippen LogP contribution in [0.2, 0.25) is 5.04 Å². The Labute approximate surface area is 172 Å². The van der Waals surface area contributed by atoms with Crippen molar-refractivity contribution in [3.63, 3.8) is 0 Å². The van der Waals surface area contributed by atoms with E-state index >= 15 is 0 Å².